The van der Waals surface area contributed by atoms with E-state index >= 15 is 0 Å². The lowest BCUT2D eigenvalue weighted by atomic mass is 10.1. The topological polar surface area (TPSA) is 21.3 Å². The zero-order valence-electron chi connectivity index (χ0n) is 11.5. The molecule has 0 aliphatic rings. The molecule has 1 N–H and O–H groups in total. The van der Waals surface area contributed by atoms with Crippen LogP contribution in [0.1, 0.15) is 31.9 Å². The molecule has 0 fully saturated rings. The summed E-state index contributed by atoms with van der Waals surface area (Å²) >= 11 is 3.33. The molecule has 0 saturated heterocycles. The fourth-order valence-corrected chi connectivity index (χ4v) is 1.87. The second-order valence-electron chi connectivity index (χ2n) is 4.84. The van der Waals surface area contributed by atoms with Crippen LogP contribution in [0.2, 0.25) is 0 Å². The van der Waals surface area contributed by atoms with Crippen LogP contribution in [0.25, 0.3) is 0 Å². The molecule has 20 heavy (non-hydrogen) atoms. The van der Waals surface area contributed by atoms with Gasteiger partial charge in [-0.25, -0.2) is 0 Å². The lowest BCUT2D eigenvalue weighted by Crippen LogP contribution is -2.29. The number of rotatable bonds is 7. The van der Waals surface area contributed by atoms with Crippen LogP contribution in [0, 0.1) is 0 Å². The van der Waals surface area contributed by atoms with Gasteiger partial charge in [-0.05, 0) is 17.7 Å². The van der Waals surface area contributed by atoms with Gasteiger partial charge in [-0.3, -0.25) is 0 Å². The van der Waals surface area contributed by atoms with Crippen LogP contribution in [0.15, 0.2) is 28.7 Å². The summed E-state index contributed by atoms with van der Waals surface area (Å²) in [4.78, 5) is 0. The minimum atomic E-state index is -4.18. The predicted molar refractivity (Wildman–Crippen MR) is 76.6 cm³/mol. The quantitative estimate of drug-likeness (QED) is 0.781. The Morgan fingerprint density at radius 3 is 2.30 bits per heavy atom. The number of alkyl halides is 3. The van der Waals surface area contributed by atoms with Gasteiger partial charge in [0.15, 0.2) is 0 Å². The number of nitrogens with one attached hydrogen (secondary N) is 1. The third kappa shape index (κ3) is 7.26. The summed E-state index contributed by atoms with van der Waals surface area (Å²) in [6.07, 6.45) is -5.50. The Morgan fingerprint density at radius 1 is 1.20 bits per heavy atom. The molecule has 0 aliphatic carbocycles. The average Bonchev–Trinajstić information content (AvgIpc) is 2.33. The van der Waals surface area contributed by atoms with Crippen molar-refractivity contribution in [3.05, 3.63) is 34.3 Å². The molecule has 1 atom stereocenters. The first kappa shape index (κ1) is 17.5. The number of hydrogen-bond donors (Lipinski definition) is 1. The molecule has 0 amide bonds. The van der Waals surface area contributed by atoms with Crippen LogP contribution in [0.3, 0.4) is 0 Å². The summed E-state index contributed by atoms with van der Waals surface area (Å²) in [5.41, 5.74) is 0.864. The van der Waals surface area contributed by atoms with Gasteiger partial charge >= 0.3 is 6.18 Å². The first-order valence-corrected chi connectivity index (χ1v) is 7.24. The maximum Gasteiger partial charge on any atom is 0.391 e. The average molecular weight is 354 g/mol. The van der Waals surface area contributed by atoms with Crippen molar-refractivity contribution < 1.29 is 17.9 Å². The van der Waals surface area contributed by atoms with Gasteiger partial charge in [0.2, 0.25) is 0 Å². The number of hydrogen-bond acceptors (Lipinski definition) is 2. The molecule has 0 radical (unpaired) electrons. The molecule has 1 aromatic rings. The van der Waals surface area contributed by atoms with Crippen LogP contribution in [-0.4, -0.2) is 25.4 Å². The molecule has 0 heterocycles. The molecule has 0 spiro atoms. The van der Waals surface area contributed by atoms with Gasteiger partial charge in [0.1, 0.15) is 0 Å². The zero-order chi connectivity index (χ0) is 15.2. The highest BCUT2D eigenvalue weighted by molar-refractivity contribution is 9.10. The lowest BCUT2D eigenvalue weighted by Gasteiger charge is -2.21. The first-order chi connectivity index (χ1) is 9.28. The normalized spacial score (nSPS) is 13.8. The Kier molecular flexibility index (Phi) is 6.99. The maximum atomic E-state index is 12.2. The minimum Gasteiger partial charge on any atom is -0.372 e. The molecule has 1 rings (SSSR count). The second-order valence-corrected chi connectivity index (χ2v) is 5.75. The van der Waals surface area contributed by atoms with E-state index in [1.807, 2.05) is 38.1 Å². The van der Waals surface area contributed by atoms with Crippen LogP contribution < -0.4 is 5.32 Å². The molecular formula is C14H19BrF3NO. The van der Waals surface area contributed by atoms with E-state index in [0.717, 1.165) is 10.0 Å². The zero-order valence-corrected chi connectivity index (χ0v) is 13.1. The van der Waals surface area contributed by atoms with Crippen LogP contribution in [-0.2, 0) is 4.74 Å². The highest BCUT2D eigenvalue weighted by Gasteiger charge is 2.27. The van der Waals surface area contributed by atoms with Crippen molar-refractivity contribution in [1.29, 1.82) is 0 Å². The highest BCUT2D eigenvalue weighted by atomic mass is 79.9. The largest absolute Gasteiger partial charge is 0.391 e. The summed E-state index contributed by atoms with van der Waals surface area (Å²) < 4.78 is 42.8. The maximum absolute atomic E-state index is 12.2. The summed E-state index contributed by atoms with van der Waals surface area (Å²) in [5, 5.41) is 3.19. The SMILES string of the molecule is CC(C)NCC(OCCC(F)(F)F)c1ccc(Br)cc1. The van der Waals surface area contributed by atoms with Gasteiger partial charge in [-0.15, -0.1) is 0 Å². The Balaban J connectivity index is 2.62. The monoisotopic (exact) mass is 353 g/mol. The molecule has 6 heteroatoms. The Hall–Kier alpha value is -0.590. The van der Waals surface area contributed by atoms with E-state index < -0.39 is 12.6 Å². The van der Waals surface area contributed by atoms with E-state index in [2.05, 4.69) is 21.2 Å². The van der Waals surface area contributed by atoms with Gasteiger partial charge in [0.05, 0.1) is 19.1 Å². The number of ether oxygens (including phenoxy) is 1. The second kappa shape index (κ2) is 8.00. The van der Waals surface area contributed by atoms with Gasteiger partial charge in [0, 0.05) is 17.1 Å². The predicted octanol–water partition coefficient (Wildman–Crippen LogP) is 4.46. The summed E-state index contributed by atoms with van der Waals surface area (Å²) in [7, 11) is 0. The minimum absolute atomic E-state index is 0.249. The van der Waals surface area contributed by atoms with Gasteiger partial charge < -0.3 is 10.1 Å². The fourth-order valence-electron chi connectivity index (χ4n) is 1.61. The molecule has 0 saturated carbocycles. The summed E-state index contributed by atoms with van der Waals surface area (Å²) in [5.74, 6) is 0. The summed E-state index contributed by atoms with van der Waals surface area (Å²) in [6.45, 7) is 4.11. The molecular weight excluding hydrogens is 335 g/mol. The molecule has 0 aliphatic heterocycles. The molecule has 0 aromatic heterocycles. The van der Waals surface area contributed by atoms with Crippen molar-refractivity contribution in [2.24, 2.45) is 0 Å². The third-order valence-corrected chi connectivity index (χ3v) is 3.19. The van der Waals surface area contributed by atoms with E-state index in [4.69, 9.17) is 4.74 Å². The van der Waals surface area contributed by atoms with E-state index in [9.17, 15) is 13.2 Å². The number of halogens is 4. The van der Waals surface area contributed by atoms with Crippen LogP contribution >= 0.6 is 15.9 Å². The third-order valence-electron chi connectivity index (χ3n) is 2.66. The molecule has 114 valence electrons. The lowest BCUT2D eigenvalue weighted by molar-refractivity contribution is -0.149. The number of benzene rings is 1. The standard InChI is InChI=1S/C14H19BrF3NO/c1-10(2)19-9-13(20-8-7-14(16,17)18)11-3-5-12(15)6-4-11/h3-6,10,13,19H,7-9H2,1-2H3. The van der Waals surface area contributed by atoms with E-state index in [-0.39, 0.29) is 18.8 Å². The van der Waals surface area contributed by atoms with Gasteiger partial charge in [-0.2, -0.15) is 13.2 Å². The highest BCUT2D eigenvalue weighted by Crippen LogP contribution is 2.23. The first-order valence-electron chi connectivity index (χ1n) is 6.45. The Morgan fingerprint density at radius 2 is 1.80 bits per heavy atom. The van der Waals surface area contributed by atoms with E-state index in [0.29, 0.717) is 6.54 Å². The van der Waals surface area contributed by atoms with Crippen LogP contribution in [0.4, 0.5) is 13.2 Å². The van der Waals surface area contributed by atoms with Crippen molar-refractivity contribution in [3.8, 4) is 0 Å². The van der Waals surface area contributed by atoms with E-state index in [1.54, 1.807) is 0 Å². The Labute approximate surface area is 125 Å². The molecule has 2 nitrogen and oxygen atoms in total. The van der Waals surface area contributed by atoms with Crippen molar-refractivity contribution in [2.45, 2.75) is 38.6 Å². The van der Waals surface area contributed by atoms with Crippen molar-refractivity contribution in [2.75, 3.05) is 13.2 Å². The smallest absolute Gasteiger partial charge is 0.372 e. The molecule has 1 unspecified atom stereocenters. The van der Waals surface area contributed by atoms with Gasteiger partial charge in [-0.1, -0.05) is 41.9 Å². The van der Waals surface area contributed by atoms with Crippen LogP contribution in [0.5, 0.6) is 0 Å². The van der Waals surface area contributed by atoms with E-state index in [1.165, 1.54) is 0 Å². The van der Waals surface area contributed by atoms with Gasteiger partial charge in [0.25, 0.3) is 0 Å². The van der Waals surface area contributed by atoms with Crippen molar-refractivity contribution >= 4 is 15.9 Å². The molecule has 1 aromatic carbocycles. The summed E-state index contributed by atoms with van der Waals surface area (Å²) in [6, 6.07) is 7.66. The van der Waals surface area contributed by atoms with Crippen molar-refractivity contribution in [1.82, 2.24) is 5.32 Å². The molecule has 0 bridgehead atoms. The Bertz CT molecular complexity index is 392. The fraction of sp³-hybridized carbons (Fsp3) is 0.571. The van der Waals surface area contributed by atoms with Crippen molar-refractivity contribution in [3.63, 3.8) is 0 Å².